The molecule has 0 unspecified atom stereocenters. The highest BCUT2D eigenvalue weighted by molar-refractivity contribution is 6.55. The average molecular weight is 372 g/mol. The molecule has 0 atom stereocenters. The highest BCUT2D eigenvalue weighted by atomic mass is 35.5. The zero-order chi connectivity index (χ0) is 18.1. The molecule has 5 nitrogen and oxygen atoms in total. The Morgan fingerprint density at radius 2 is 1.83 bits per heavy atom. The lowest BCUT2D eigenvalue weighted by molar-refractivity contribution is 0.00578. The summed E-state index contributed by atoms with van der Waals surface area (Å²) in [6.07, 6.45) is 0. The lowest BCUT2D eigenvalue weighted by Gasteiger charge is -2.32. The van der Waals surface area contributed by atoms with Crippen LogP contribution in [0.4, 0.5) is 4.39 Å². The SMILES string of the molecule is CC1(C)OB(C(F)=C(CN=[N+]=[N-])c2ccc(Cl)cc2Cl)OC1(C)C. The summed E-state index contributed by atoms with van der Waals surface area (Å²) < 4.78 is 26.5. The van der Waals surface area contributed by atoms with Gasteiger partial charge in [-0.1, -0.05) is 34.4 Å². The van der Waals surface area contributed by atoms with Crippen molar-refractivity contribution in [3.05, 3.63) is 50.0 Å². The molecular weight excluding hydrogens is 355 g/mol. The molecule has 0 spiro atoms. The number of halogens is 3. The average Bonchev–Trinajstić information content (AvgIpc) is 2.69. The Morgan fingerprint density at radius 1 is 1.25 bits per heavy atom. The third-order valence-electron chi connectivity index (χ3n) is 4.30. The summed E-state index contributed by atoms with van der Waals surface area (Å²) >= 11 is 12.0. The van der Waals surface area contributed by atoms with E-state index >= 15 is 4.39 Å². The standard InChI is InChI=1S/C15H17BCl2FN3O2/c1-14(2)15(3,4)24-16(23-14)13(19)11(8-21-22-20)10-6-5-9(17)7-12(10)18/h5-7H,8H2,1-4H3. The summed E-state index contributed by atoms with van der Waals surface area (Å²) in [7, 11) is -1.20. The van der Waals surface area contributed by atoms with Crippen LogP contribution in [0.5, 0.6) is 0 Å². The van der Waals surface area contributed by atoms with Crippen molar-refractivity contribution in [2.24, 2.45) is 5.11 Å². The largest absolute Gasteiger partial charge is 0.525 e. The van der Waals surface area contributed by atoms with Gasteiger partial charge in [0.25, 0.3) is 0 Å². The second-order valence-electron chi connectivity index (χ2n) is 6.43. The second-order valence-corrected chi connectivity index (χ2v) is 7.27. The molecule has 0 N–H and O–H groups in total. The van der Waals surface area contributed by atoms with Gasteiger partial charge in [0, 0.05) is 15.0 Å². The van der Waals surface area contributed by atoms with E-state index < -0.39 is 24.0 Å². The van der Waals surface area contributed by atoms with Crippen LogP contribution < -0.4 is 0 Å². The molecule has 0 aromatic heterocycles. The van der Waals surface area contributed by atoms with Crippen LogP contribution in [-0.2, 0) is 9.31 Å². The minimum atomic E-state index is -1.20. The third kappa shape index (κ3) is 3.71. The summed E-state index contributed by atoms with van der Waals surface area (Å²) in [5.41, 5.74) is 7.01. The molecule has 1 aliphatic heterocycles. The van der Waals surface area contributed by atoms with E-state index in [-0.39, 0.29) is 17.1 Å². The van der Waals surface area contributed by atoms with Crippen molar-refractivity contribution < 1.29 is 13.7 Å². The molecule has 24 heavy (non-hydrogen) atoms. The molecule has 0 radical (unpaired) electrons. The van der Waals surface area contributed by atoms with E-state index in [9.17, 15) is 0 Å². The molecule has 1 aromatic rings. The molecule has 2 rings (SSSR count). The van der Waals surface area contributed by atoms with E-state index in [0.29, 0.717) is 10.6 Å². The van der Waals surface area contributed by atoms with E-state index in [4.69, 9.17) is 38.0 Å². The van der Waals surface area contributed by atoms with Crippen LogP contribution in [0.25, 0.3) is 16.0 Å². The maximum atomic E-state index is 15.1. The van der Waals surface area contributed by atoms with Gasteiger partial charge in [0.2, 0.25) is 0 Å². The first-order valence-corrected chi connectivity index (χ1v) is 8.05. The van der Waals surface area contributed by atoms with Crippen LogP contribution in [-0.4, -0.2) is 24.9 Å². The Bertz CT molecular complexity index is 717. The molecule has 0 bridgehead atoms. The van der Waals surface area contributed by atoms with Crippen molar-refractivity contribution in [3.63, 3.8) is 0 Å². The highest BCUT2D eigenvalue weighted by Gasteiger charge is 2.53. The van der Waals surface area contributed by atoms with Crippen molar-refractivity contribution in [1.29, 1.82) is 0 Å². The fraction of sp³-hybridized carbons (Fsp3) is 0.467. The van der Waals surface area contributed by atoms with Gasteiger partial charge in [0.05, 0.1) is 17.7 Å². The summed E-state index contributed by atoms with van der Waals surface area (Å²) in [6.45, 7) is 7.06. The maximum absolute atomic E-state index is 15.1. The van der Waals surface area contributed by atoms with Gasteiger partial charge in [0.15, 0.2) is 0 Å². The van der Waals surface area contributed by atoms with Gasteiger partial charge < -0.3 is 9.31 Å². The number of rotatable bonds is 4. The smallest absolute Gasteiger partial charge is 0.398 e. The molecule has 1 fully saturated rings. The van der Waals surface area contributed by atoms with Crippen LogP contribution >= 0.6 is 23.2 Å². The quantitative estimate of drug-likeness (QED) is 0.298. The van der Waals surface area contributed by atoms with E-state index in [0.717, 1.165) is 0 Å². The Labute approximate surface area is 150 Å². The zero-order valence-corrected chi connectivity index (χ0v) is 15.3. The first-order valence-electron chi connectivity index (χ1n) is 7.29. The van der Waals surface area contributed by atoms with Gasteiger partial charge in [-0.15, -0.1) is 0 Å². The van der Waals surface area contributed by atoms with Crippen molar-refractivity contribution >= 4 is 35.9 Å². The van der Waals surface area contributed by atoms with Crippen molar-refractivity contribution in [1.82, 2.24) is 0 Å². The van der Waals surface area contributed by atoms with Crippen molar-refractivity contribution in [2.45, 2.75) is 38.9 Å². The number of azide groups is 1. The monoisotopic (exact) mass is 371 g/mol. The normalized spacial score (nSPS) is 19.7. The molecule has 1 aliphatic rings. The predicted molar refractivity (Wildman–Crippen MR) is 94.6 cm³/mol. The molecule has 0 saturated carbocycles. The topological polar surface area (TPSA) is 67.2 Å². The lowest BCUT2D eigenvalue weighted by Crippen LogP contribution is -2.41. The number of nitrogens with zero attached hydrogens (tertiary/aromatic N) is 3. The fourth-order valence-electron chi connectivity index (χ4n) is 2.21. The molecule has 0 aliphatic carbocycles. The van der Waals surface area contributed by atoms with Crippen molar-refractivity contribution in [3.8, 4) is 0 Å². The molecule has 1 aromatic carbocycles. The van der Waals surface area contributed by atoms with Crippen LogP contribution in [0, 0.1) is 0 Å². The Hall–Kier alpha value is -1.24. The molecule has 1 heterocycles. The molecular formula is C15H17BCl2FN3O2. The van der Waals surface area contributed by atoms with E-state index in [1.165, 1.54) is 6.07 Å². The van der Waals surface area contributed by atoms with Crippen LogP contribution in [0.1, 0.15) is 33.3 Å². The fourth-order valence-corrected chi connectivity index (χ4v) is 2.74. The van der Waals surface area contributed by atoms with Crippen molar-refractivity contribution in [2.75, 3.05) is 6.54 Å². The zero-order valence-electron chi connectivity index (χ0n) is 13.8. The van der Waals surface area contributed by atoms with Gasteiger partial charge in [0.1, 0.15) is 5.73 Å². The van der Waals surface area contributed by atoms with Gasteiger partial charge in [-0.3, -0.25) is 0 Å². The van der Waals surface area contributed by atoms with Gasteiger partial charge in [-0.25, -0.2) is 4.39 Å². The number of hydrogen-bond donors (Lipinski definition) is 0. The number of hydrogen-bond acceptors (Lipinski definition) is 3. The Morgan fingerprint density at radius 3 is 2.33 bits per heavy atom. The molecule has 0 amide bonds. The lowest BCUT2D eigenvalue weighted by atomic mass is 9.82. The van der Waals surface area contributed by atoms with Gasteiger partial charge in [-0.2, -0.15) is 0 Å². The number of benzene rings is 1. The van der Waals surface area contributed by atoms with Gasteiger partial charge in [-0.05, 0) is 56.5 Å². The van der Waals surface area contributed by atoms with Gasteiger partial charge >= 0.3 is 7.12 Å². The Kier molecular flexibility index (Phi) is 5.52. The summed E-state index contributed by atoms with van der Waals surface area (Å²) in [5.74, 6) is 0. The first-order chi connectivity index (χ1) is 11.1. The maximum Gasteiger partial charge on any atom is 0.525 e. The van der Waals surface area contributed by atoms with Crippen LogP contribution in [0.15, 0.2) is 29.0 Å². The molecule has 9 heteroatoms. The predicted octanol–water partition coefficient (Wildman–Crippen LogP) is 5.62. The molecule has 128 valence electrons. The minimum Gasteiger partial charge on any atom is -0.398 e. The Balaban J connectivity index is 2.50. The highest BCUT2D eigenvalue weighted by Crippen LogP contribution is 2.41. The summed E-state index contributed by atoms with van der Waals surface area (Å²) in [6, 6.07) is 4.64. The second kappa shape index (κ2) is 6.94. The minimum absolute atomic E-state index is 0.105. The van der Waals surface area contributed by atoms with E-state index in [1.807, 2.05) is 27.7 Å². The van der Waals surface area contributed by atoms with Crippen LogP contribution in [0.3, 0.4) is 0 Å². The van der Waals surface area contributed by atoms with E-state index in [1.54, 1.807) is 12.1 Å². The summed E-state index contributed by atoms with van der Waals surface area (Å²) in [4.78, 5) is 2.69. The van der Waals surface area contributed by atoms with E-state index in [2.05, 4.69) is 10.0 Å². The summed E-state index contributed by atoms with van der Waals surface area (Å²) in [5, 5.41) is 4.12. The molecule has 1 saturated heterocycles. The first kappa shape index (κ1) is 19.1. The van der Waals surface area contributed by atoms with Crippen LogP contribution in [0.2, 0.25) is 10.0 Å². The third-order valence-corrected chi connectivity index (χ3v) is 4.84.